The lowest BCUT2D eigenvalue weighted by Crippen LogP contribution is -2.49. The molecule has 3 aromatic rings. The van der Waals surface area contributed by atoms with Gasteiger partial charge in [0.2, 0.25) is 0 Å². The van der Waals surface area contributed by atoms with Crippen molar-refractivity contribution < 1.29 is 28.6 Å². The summed E-state index contributed by atoms with van der Waals surface area (Å²) in [6, 6.07) is 18.7. The molecule has 5 atom stereocenters. The van der Waals surface area contributed by atoms with Crippen molar-refractivity contribution in [1.29, 1.82) is 0 Å². The Morgan fingerprint density at radius 2 is 1.57 bits per heavy atom. The van der Waals surface area contributed by atoms with Crippen LogP contribution >= 0.6 is 11.8 Å². The zero-order valence-corrected chi connectivity index (χ0v) is 23.4. The number of benzene rings is 2. The molecule has 2 aliphatic rings. The number of H-pyrrole nitrogens is 1. The molecular formula is C29H32N4O6S. The van der Waals surface area contributed by atoms with E-state index in [9.17, 15) is 14.4 Å². The van der Waals surface area contributed by atoms with Gasteiger partial charge in [-0.05, 0) is 38.3 Å². The smallest absolute Gasteiger partial charge is 0.408 e. The topological polar surface area (TPSA) is 132 Å². The van der Waals surface area contributed by atoms with Crippen LogP contribution in [-0.4, -0.2) is 49.8 Å². The minimum absolute atomic E-state index is 0.0770. The summed E-state index contributed by atoms with van der Waals surface area (Å²) in [7, 11) is 0. The number of aromatic amines is 1. The first-order valence-corrected chi connectivity index (χ1v) is 14.0. The molecule has 0 spiro atoms. The van der Waals surface area contributed by atoms with Gasteiger partial charge >= 0.3 is 18.0 Å². The molecule has 2 aliphatic carbocycles. The van der Waals surface area contributed by atoms with E-state index in [-0.39, 0.29) is 18.5 Å². The normalized spacial score (nSPS) is 25.0. The fraction of sp³-hybridized carbons (Fsp3) is 0.414. The third-order valence-corrected chi connectivity index (χ3v) is 8.36. The van der Waals surface area contributed by atoms with E-state index in [0.29, 0.717) is 11.4 Å². The number of fused-ring (bicyclic) bond motifs is 1. The standard InChI is InChI=1S/C29H32N4O6S/c1-28(2,3)39-27(36)31-29-20(25(34)37-16-18-10-6-4-7-11-18)14-21(40-22-15-30-33-32-22)23(29)24(29)26(35)38-17-19-12-8-5-9-13-19/h4-13,15,20-21,23-24H,14,16-17H2,1-3H3,(H,31,36)(H,30,32,33). The number of esters is 2. The van der Waals surface area contributed by atoms with Gasteiger partial charge in [-0.2, -0.15) is 10.3 Å². The molecule has 5 unspecified atom stereocenters. The van der Waals surface area contributed by atoms with Crippen LogP contribution in [0.5, 0.6) is 0 Å². The van der Waals surface area contributed by atoms with E-state index in [0.717, 1.165) is 11.1 Å². The largest absolute Gasteiger partial charge is 0.461 e. The van der Waals surface area contributed by atoms with Crippen molar-refractivity contribution in [1.82, 2.24) is 20.7 Å². The second-order valence-corrected chi connectivity index (χ2v) is 12.3. The predicted octanol–water partition coefficient (Wildman–Crippen LogP) is 4.28. The van der Waals surface area contributed by atoms with Crippen LogP contribution in [0.4, 0.5) is 4.79 Å². The molecular weight excluding hydrogens is 532 g/mol. The highest BCUT2D eigenvalue weighted by molar-refractivity contribution is 7.99. The van der Waals surface area contributed by atoms with Gasteiger partial charge in [-0.3, -0.25) is 9.59 Å². The van der Waals surface area contributed by atoms with Crippen LogP contribution in [0.2, 0.25) is 0 Å². The van der Waals surface area contributed by atoms with Crippen molar-refractivity contribution in [2.45, 2.75) is 61.8 Å². The Morgan fingerprint density at radius 3 is 2.12 bits per heavy atom. The number of thioether (sulfide) groups is 1. The number of ether oxygens (including phenoxy) is 3. The third kappa shape index (κ3) is 5.99. The van der Waals surface area contributed by atoms with Gasteiger partial charge in [0, 0.05) is 11.2 Å². The van der Waals surface area contributed by atoms with E-state index in [1.165, 1.54) is 11.8 Å². The minimum atomic E-state index is -1.22. The van der Waals surface area contributed by atoms with Crippen molar-refractivity contribution in [2.24, 2.45) is 17.8 Å². The first kappa shape index (κ1) is 27.7. The van der Waals surface area contributed by atoms with Crippen LogP contribution in [0.25, 0.3) is 0 Å². The third-order valence-electron chi connectivity index (χ3n) is 7.13. The summed E-state index contributed by atoms with van der Waals surface area (Å²) in [5.74, 6) is -2.95. The summed E-state index contributed by atoms with van der Waals surface area (Å²) < 4.78 is 17.0. The van der Waals surface area contributed by atoms with Gasteiger partial charge in [-0.15, -0.1) is 5.10 Å². The molecule has 10 nitrogen and oxygen atoms in total. The monoisotopic (exact) mass is 564 g/mol. The van der Waals surface area contributed by atoms with Gasteiger partial charge in [-0.1, -0.05) is 72.4 Å². The summed E-state index contributed by atoms with van der Waals surface area (Å²) in [6.45, 7) is 5.42. The van der Waals surface area contributed by atoms with Gasteiger partial charge in [0.15, 0.2) is 0 Å². The second-order valence-electron chi connectivity index (χ2n) is 11.0. The maximum absolute atomic E-state index is 13.6. The summed E-state index contributed by atoms with van der Waals surface area (Å²) in [4.78, 5) is 40.3. The van der Waals surface area contributed by atoms with E-state index in [1.54, 1.807) is 27.0 Å². The molecule has 0 radical (unpaired) electrons. The lowest BCUT2D eigenvalue weighted by atomic mass is 9.94. The van der Waals surface area contributed by atoms with Crippen molar-refractivity contribution in [3.63, 3.8) is 0 Å². The Morgan fingerprint density at radius 1 is 0.975 bits per heavy atom. The Balaban J connectivity index is 1.42. The number of hydrogen-bond acceptors (Lipinski definition) is 9. The number of amides is 1. The molecule has 2 N–H and O–H groups in total. The maximum Gasteiger partial charge on any atom is 0.408 e. The first-order valence-electron chi connectivity index (χ1n) is 13.1. The summed E-state index contributed by atoms with van der Waals surface area (Å²) in [5, 5.41) is 13.9. The van der Waals surface area contributed by atoms with Crippen LogP contribution in [0, 0.1) is 17.8 Å². The lowest BCUT2D eigenvalue weighted by Gasteiger charge is -2.27. The molecule has 1 amide bonds. The number of nitrogens with zero attached hydrogens (tertiary/aromatic N) is 2. The Labute approximate surface area is 236 Å². The Bertz CT molecular complexity index is 1330. The van der Waals surface area contributed by atoms with Crippen LogP contribution < -0.4 is 5.32 Å². The highest BCUT2D eigenvalue weighted by Gasteiger charge is 2.81. The highest BCUT2D eigenvalue weighted by atomic mass is 32.2. The van der Waals surface area contributed by atoms with Crippen molar-refractivity contribution in [2.75, 3.05) is 0 Å². The lowest BCUT2D eigenvalue weighted by molar-refractivity contribution is -0.153. The van der Waals surface area contributed by atoms with Gasteiger partial charge in [-0.25, -0.2) is 4.79 Å². The average Bonchev–Trinajstić information content (AvgIpc) is 3.18. The number of carbonyl (C=O) groups excluding carboxylic acids is 3. The predicted molar refractivity (Wildman–Crippen MR) is 146 cm³/mol. The minimum Gasteiger partial charge on any atom is -0.461 e. The first-order chi connectivity index (χ1) is 19.2. The summed E-state index contributed by atoms with van der Waals surface area (Å²) in [6.07, 6.45) is 1.25. The zero-order valence-electron chi connectivity index (χ0n) is 22.5. The number of nitrogens with one attached hydrogen (secondary N) is 2. The molecule has 0 bridgehead atoms. The molecule has 0 saturated heterocycles. The zero-order chi connectivity index (χ0) is 28.3. The molecule has 2 aromatic carbocycles. The van der Waals surface area contributed by atoms with E-state index in [2.05, 4.69) is 20.7 Å². The molecule has 11 heteroatoms. The number of rotatable bonds is 9. The molecule has 0 aliphatic heterocycles. The molecule has 2 saturated carbocycles. The molecule has 40 heavy (non-hydrogen) atoms. The highest BCUT2D eigenvalue weighted by Crippen LogP contribution is 2.68. The second kappa shape index (κ2) is 11.3. The van der Waals surface area contributed by atoms with E-state index >= 15 is 0 Å². The van der Waals surface area contributed by atoms with Gasteiger partial charge in [0.05, 0.1) is 23.6 Å². The van der Waals surface area contributed by atoms with Crippen LogP contribution in [0.1, 0.15) is 38.3 Å². The Hall–Kier alpha value is -3.86. The fourth-order valence-electron chi connectivity index (χ4n) is 5.51. The van der Waals surface area contributed by atoms with Crippen LogP contribution in [-0.2, 0) is 37.0 Å². The van der Waals surface area contributed by atoms with Gasteiger partial charge < -0.3 is 19.5 Å². The SMILES string of the molecule is CC(C)(C)OC(=O)NC12C(C(=O)OCc3ccccc3)CC(Sc3cn[nH]n3)C1C2C(=O)OCc1ccccc1. The van der Waals surface area contributed by atoms with E-state index < -0.39 is 46.9 Å². The molecule has 1 aromatic heterocycles. The van der Waals surface area contributed by atoms with Crippen LogP contribution in [0.3, 0.4) is 0 Å². The summed E-state index contributed by atoms with van der Waals surface area (Å²) >= 11 is 1.41. The van der Waals surface area contributed by atoms with Crippen LogP contribution in [0.15, 0.2) is 71.9 Å². The summed E-state index contributed by atoms with van der Waals surface area (Å²) in [5.41, 5.74) is -0.318. The maximum atomic E-state index is 13.6. The number of alkyl carbamates (subject to hydrolysis) is 1. The molecule has 1 heterocycles. The number of carbonyl (C=O) groups is 3. The average molecular weight is 565 g/mol. The van der Waals surface area contributed by atoms with Crippen molar-refractivity contribution >= 4 is 29.8 Å². The molecule has 2 fully saturated rings. The molecule has 5 rings (SSSR count). The number of hydrogen-bond donors (Lipinski definition) is 2. The van der Waals surface area contributed by atoms with E-state index in [1.807, 2.05) is 60.7 Å². The van der Waals surface area contributed by atoms with Crippen molar-refractivity contribution in [3.05, 3.63) is 78.0 Å². The Kier molecular flexibility index (Phi) is 7.84. The number of aromatic nitrogens is 3. The quantitative estimate of drug-likeness (QED) is 0.289. The van der Waals surface area contributed by atoms with Crippen molar-refractivity contribution in [3.8, 4) is 0 Å². The van der Waals surface area contributed by atoms with Gasteiger partial charge in [0.1, 0.15) is 23.8 Å². The molecule has 210 valence electrons. The van der Waals surface area contributed by atoms with Gasteiger partial charge in [0.25, 0.3) is 0 Å². The fourth-order valence-corrected chi connectivity index (χ4v) is 6.85. The van der Waals surface area contributed by atoms with E-state index in [4.69, 9.17) is 14.2 Å².